The topological polar surface area (TPSA) is 140 Å². The Hall–Kier alpha value is -2.70. The van der Waals surface area contributed by atoms with Crippen LogP contribution in [0.1, 0.15) is 22.8 Å². The van der Waals surface area contributed by atoms with Crippen molar-refractivity contribution in [2.75, 3.05) is 12.4 Å². The molecule has 0 aromatic heterocycles. The fraction of sp³-hybridized carbons (Fsp3) is 0.115. The number of anilines is 1. The Balaban J connectivity index is 0.00000420. The molecular weight excluding hydrogens is 576 g/mol. The van der Waals surface area contributed by atoms with Crippen LogP contribution in [0.5, 0.6) is 11.5 Å². The molecule has 39 heavy (non-hydrogen) atoms. The molecule has 0 aliphatic carbocycles. The maximum Gasteiger partial charge on any atom is 1.00 e. The number of methoxy groups -OCH3 is 1. The van der Waals surface area contributed by atoms with Gasteiger partial charge >= 0.3 is 29.6 Å². The quantitative estimate of drug-likeness (QED) is 0.189. The van der Waals surface area contributed by atoms with Gasteiger partial charge in [0.15, 0.2) is 0 Å². The van der Waals surface area contributed by atoms with Crippen LogP contribution in [0.25, 0.3) is 10.8 Å². The van der Waals surface area contributed by atoms with Gasteiger partial charge in [-0.15, -0.1) is 5.11 Å². The van der Waals surface area contributed by atoms with Crippen molar-refractivity contribution < 1.29 is 57.2 Å². The molecule has 0 heterocycles. The summed E-state index contributed by atoms with van der Waals surface area (Å²) < 4.78 is 38.1. The van der Waals surface area contributed by atoms with E-state index in [1.54, 1.807) is 49.4 Å². The zero-order valence-electron chi connectivity index (χ0n) is 21.0. The Bertz CT molecular complexity index is 1710. The second-order valence-corrected chi connectivity index (χ2v) is 10.2. The number of nitrogens with zero attached hydrogens (tertiary/aromatic N) is 2. The number of aryl methyl sites for hydroxylation is 1. The van der Waals surface area contributed by atoms with Crippen LogP contribution in [0.4, 0.5) is 17.1 Å². The Morgan fingerprint density at radius 3 is 2.38 bits per heavy atom. The summed E-state index contributed by atoms with van der Waals surface area (Å²) in [4.78, 5) is 12.6. The van der Waals surface area contributed by atoms with Crippen LogP contribution in [-0.4, -0.2) is 26.0 Å². The number of hydrogen-bond acceptors (Lipinski definition) is 7. The molecule has 0 saturated carbocycles. The van der Waals surface area contributed by atoms with Gasteiger partial charge in [-0.2, -0.15) is 13.5 Å². The van der Waals surface area contributed by atoms with Gasteiger partial charge in [-0.25, -0.2) is 0 Å². The summed E-state index contributed by atoms with van der Waals surface area (Å²) in [7, 11) is -3.20. The van der Waals surface area contributed by atoms with Gasteiger partial charge in [0, 0.05) is 10.9 Å². The molecule has 4 aromatic carbocycles. The normalized spacial score (nSPS) is 11.4. The number of rotatable bonds is 7. The molecule has 0 fully saturated rings. The second kappa shape index (κ2) is 12.6. The first-order chi connectivity index (χ1) is 18.1. The van der Waals surface area contributed by atoms with Gasteiger partial charge in [-0.3, -0.25) is 9.35 Å². The van der Waals surface area contributed by atoms with E-state index in [-0.39, 0.29) is 62.2 Å². The van der Waals surface area contributed by atoms with Crippen LogP contribution >= 0.6 is 23.2 Å². The SMILES string of the molecule is CCc1ccc(S(=O)(=O)O)c(Cl)c1N=Nc1c([O-])c(C(=O)Nc2cccc(OC)c2Cl)cc2ccccc12.[Na+]. The number of fused-ring (bicyclic) bond motifs is 1. The van der Waals surface area contributed by atoms with E-state index < -0.39 is 26.7 Å². The maximum absolute atomic E-state index is 13.5. The smallest absolute Gasteiger partial charge is 0.870 e. The minimum Gasteiger partial charge on any atom is -0.870 e. The van der Waals surface area contributed by atoms with E-state index >= 15 is 0 Å². The van der Waals surface area contributed by atoms with Crippen molar-refractivity contribution in [2.24, 2.45) is 10.2 Å². The van der Waals surface area contributed by atoms with Crippen molar-refractivity contribution in [1.29, 1.82) is 0 Å². The molecule has 9 nitrogen and oxygen atoms in total. The molecule has 0 saturated heterocycles. The number of carbonyl (C=O) groups is 1. The fourth-order valence-corrected chi connectivity index (χ4v) is 5.14. The minimum absolute atomic E-state index is 0. The molecule has 196 valence electrons. The van der Waals surface area contributed by atoms with E-state index in [1.807, 2.05) is 0 Å². The predicted octanol–water partition coefficient (Wildman–Crippen LogP) is 3.71. The molecular formula is C26H20Cl2N3NaO6S. The zero-order chi connectivity index (χ0) is 27.6. The average molecular weight is 596 g/mol. The summed E-state index contributed by atoms with van der Waals surface area (Å²) in [5.74, 6) is -1.10. The van der Waals surface area contributed by atoms with Gasteiger partial charge in [0.1, 0.15) is 21.4 Å². The van der Waals surface area contributed by atoms with E-state index in [0.717, 1.165) is 0 Å². The van der Waals surface area contributed by atoms with E-state index in [0.29, 0.717) is 28.5 Å². The molecule has 13 heteroatoms. The number of benzene rings is 4. The number of nitrogens with one attached hydrogen (secondary N) is 1. The predicted molar refractivity (Wildman–Crippen MR) is 144 cm³/mol. The fourth-order valence-electron chi connectivity index (χ4n) is 3.81. The number of halogens is 2. The first-order valence-electron chi connectivity index (χ1n) is 11.1. The van der Waals surface area contributed by atoms with Crippen LogP contribution in [0.3, 0.4) is 0 Å². The number of ether oxygens (including phenoxy) is 1. The van der Waals surface area contributed by atoms with Crippen LogP contribution in [0, 0.1) is 0 Å². The van der Waals surface area contributed by atoms with E-state index in [2.05, 4.69) is 15.5 Å². The summed E-state index contributed by atoms with van der Waals surface area (Å²) in [5.41, 5.74) is 0.383. The van der Waals surface area contributed by atoms with Crippen molar-refractivity contribution in [2.45, 2.75) is 18.2 Å². The maximum atomic E-state index is 13.5. The Morgan fingerprint density at radius 1 is 1.03 bits per heavy atom. The number of amides is 1. The van der Waals surface area contributed by atoms with E-state index in [9.17, 15) is 22.9 Å². The summed E-state index contributed by atoms with van der Waals surface area (Å²) >= 11 is 12.5. The number of azo groups is 1. The van der Waals surface area contributed by atoms with Gasteiger partial charge in [-0.1, -0.05) is 72.3 Å². The zero-order valence-corrected chi connectivity index (χ0v) is 25.4. The van der Waals surface area contributed by atoms with E-state index in [4.69, 9.17) is 27.9 Å². The molecule has 2 N–H and O–H groups in total. The molecule has 1 amide bonds. The van der Waals surface area contributed by atoms with Crippen molar-refractivity contribution in [3.05, 3.63) is 81.8 Å². The number of carbonyl (C=O) groups excluding carboxylic acids is 1. The third-order valence-corrected chi connectivity index (χ3v) is 7.51. The van der Waals surface area contributed by atoms with Gasteiger partial charge in [0.25, 0.3) is 16.0 Å². The third kappa shape index (κ3) is 6.38. The van der Waals surface area contributed by atoms with Gasteiger partial charge in [-0.05, 0) is 41.6 Å². The second-order valence-electron chi connectivity index (χ2n) is 8.01. The number of hydrogen-bond donors (Lipinski definition) is 2. The molecule has 0 aliphatic heterocycles. The standard InChI is InChI=1S/C26H21Cl2N3O6S.Na/c1-3-14-11-12-20(38(34,35)36)22(28)23(14)30-31-24-16-8-5-4-7-15(16)13-17(25(24)32)26(33)29-18-9-6-10-19(37-2)21(18)27;/h4-13,32H,3H2,1-2H3,(H,29,33)(H,34,35,36);/q;+1/p-1. The third-order valence-electron chi connectivity index (χ3n) is 5.72. The molecule has 4 aromatic rings. The van der Waals surface area contributed by atoms with Gasteiger partial charge in [0.05, 0.1) is 23.5 Å². The molecule has 0 unspecified atom stereocenters. The molecule has 0 spiro atoms. The Kier molecular flexibility index (Phi) is 10.0. The molecule has 0 bridgehead atoms. The minimum atomic E-state index is -4.63. The van der Waals surface area contributed by atoms with Crippen LogP contribution in [0.2, 0.25) is 10.0 Å². The van der Waals surface area contributed by atoms with Crippen molar-refractivity contribution >= 4 is 67.1 Å². The Labute approximate surface area is 256 Å². The largest absolute Gasteiger partial charge is 1.00 e. The first kappa shape index (κ1) is 30.8. The summed E-state index contributed by atoms with van der Waals surface area (Å²) in [5, 5.41) is 25.1. The molecule has 0 radical (unpaired) electrons. The summed E-state index contributed by atoms with van der Waals surface area (Å²) in [6.07, 6.45) is 0.411. The van der Waals surface area contributed by atoms with Crippen LogP contribution in [0.15, 0.2) is 75.8 Å². The van der Waals surface area contributed by atoms with Crippen molar-refractivity contribution in [1.82, 2.24) is 0 Å². The Morgan fingerprint density at radius 2 is 1.72 bits per heavy atom. The first-order valence-corrected chi connectivity index (χ1v) is 13.3. The van der Waals surface area contributed by atoms with Crippen LogP contribution in [-0.2, 0) is 16.5 Å². The average Bonchev–Trinajstić information content (AvgIpc) is 2.88. The van der Waals surface area contributed by atoms with E-state index in [1.165, 1.54) is 25.3 Å². The van der Waals surface area contributed by atoms with Crippen molar-refractivity contribution in [3.8, 4) is 11.5 Å². The monoisotopic (exact) mass is 595 g/mol. The van der Waals surface area contributed by atoms with Crippen molar-refractivity contribution in [3.63, 3.8) is 0 Å². The van der Waals surface area contributed by atoms with Crippen LogP contribution < -0.4 is 44.7 Å². The molecule has 0 aliphatic rings. The van der Waals surface area contributed by atoms with Gasteiger partial charge in [0.2, 0.25) is 0 Å². The summed E-state index contributed by atoms with van der Waals surface area (Å²) in [6, 6.07) is 15.6. The molecule has 0 atom stereocenters. The summed E-state index contributed by atoms with van der Waals surface area (Å²) in [6.45, 7) is 1.79. The van der Waals surface area contributed by atoms with Gasteiger partial charge < -0.3 is 15.2 Å². The molecule has 4 rings (SSSR count).